The summed E-state index contributed by atoms with van der Waals surface area (Å²) in [6.45, 7) is 2.20. The van der Waals surface area contributed by atoms with Crippen LogP contribution in [0.1, 0.15) is 64.7 Å². The van der Waals surface area contributed by atoms with Crippen molar-refractivity contribution in [3.05, 3.63) is 0 Å². The molecule has 3 nitrogen and oxygen atoms in total. The molecule has 0 aromatic heterocycles. The van der Waals surface area contributed by atoms with E-state index in [2.05, 4.69) is 6.92 Å². The van der Waals surface area contributed by atoms with Crippen LogP contribution in [0.5, 0.6) is 0 Å². The molecular formula is C17H26FNO2. The molecule has 0 aromatic carbocycles. The van der Waals surface area contributed by atoms with Crippen LogP contribution in [0.3, 0.4) is 0 Å². The van der Waals surface area contributed by atoms with E-state index in [1.807, 2.05) is 6.07 Å². The molecule has 0 heterocycles. The van der Waals surface area contributed by atoms with E-state index >= 15 is 0 Å². The highest BCUT2D eigenvalue weighted by molar-refractivity contribution is 5.72. The third-order valence-electron chi connectivity index (χ3n) is 5.05. The molecule has 0 saturated heterocycles. The molecule has 2 aliphatic rings. The normalized spacial score (nSPS) is 36.7. The topological polar surface area (TPSA) is 50.1 Å². The molecule has 2 fully saturated rings. The number of halogens is 1. The average Bonchev–Trinajstić information content (AvgIpc) is 2.48. The van der Waals surface area contributed by atoms with Crippen molar-refractivity contribution >= 4 is 5.97 Å². The van der Waals surface area contributed by atoms with Gasteiger partial charge in [-0.1, -0.05) is 19.8 Å². The fraction of sp³-hybridized carbons (Fsp3) is 0.882. The van der Waals surface area contributed by atoms with E-state index < -0.39 is 12.1 Å². The van der Waals surface area contributed by atoms with Crippen molar-refractivity contribution in [1.82, 2.24) is 0 Å². The van der Waals surface area contributed by atoms with Gasteiger partial charge in [-0.25, -0.2) is 4.39 Å². The number of hydrogen-bond donors (Lipinski definition) is 0. The van der Waals surface area contributed by atoms with Crippen LogP contribution in [-0.2, 0) is 9.53 Å². The van der Waals surface area contributed by atoms with Gasteiger partial charge in [0.2, 0.25) is 0 Å². The first-order valence-corrected chi connectivity index (χ1v) is 8.38. The van der Waals surface area contributed by atoms with Crippen molar-refractivity contribution in [2.75, 3.05) is 0 Å². The van der Waals surface area contributed by atoms with E-state index in [0.717, 1.165) is 31.6 Å². The minimum absolute atomic E-state index is 0.00450. The number of esters is 1. The standard InChI is InChI=1S/C17H26FNO2/c1-2-3-12-4-6-13(7-5-12)17(20)21-15-9-8-14(11-19)16(18)10-15/h12-16H,2-10H2,1H3. The third kappa shape index (κ3) is 4.43. The SMILES string of the molecule is CCCC1CCC(C(=O)OC2CCC(C#N)C(F)C2)CC1. The van der Waals surface area contributed by atoms with Crippen molar-refractivity contribution < 1.29 is 13.9 Å². The molecule has 0 spiro atoms. The van der Waals surface area contributed by atoms with Crippen molar-refractivity contribution in [1.29, 1.82) is 5.26 Å². The first kappa shape index (κ1) is 16.3. The van der Waals surface area contributed by atoms with Gasteiger partial charge in [-0.05, 0) is 44.4 Å². The Labute approximate surface area is 126 Å². The molecule has 3 unspecified atom stereocenters. The maximum Gasteiger partial charge on any atom is 0.309 e. The maximum absolute atomic E-state index is 13.7. The van der Waals surface area contributed by atoms with Crippen molar-refractivity contribution in [3.8, 4) is 6.07 Å². The Bertz CT molecular complexity index is 385. The van der Waals surface area contributed by atoms with Crippen LogP contribution < -0.4 is 0 Å². The summed E-state index contributed by atoms with van der Waals surface area (Å²) < 4.78 is 19.2. The molecule has 0 bridgehead atoms. The maximum atomic E-state index is 13.7. The molecule has 21 heavy (non-hydrogen) atoms. The lowest BCUT2D eigenvalue weighted by Crippen LogP contribution is -2.34. The second-order valence-electron chi connectivity index (χ2n) is 6.63. The number of alkyl halides is 1. The second kappa shape index (κ2) is 7.77. The number of hydrogen-bond acceptors (Lipinski definition) is 3. The Kier molecular flexibility index (Phi) is 6.02. The van der Waals surface area contributed by atoms with Gasteiger partial charge in [0.05, 0.1) is 17.9 Å². The molecule has 0 aliphatic heterocycles. The molecule has 3 atom stereocenters. The summed E-state index contributed by atoms with van der Waals surface area (Å²) in [5, 5.41) is 8.80. The number of carbonyl (C=O) groups is 1. The predicted molar refractivity (Wildman–Crippen MR) is 78.1 cm³/mol. The van der Waals surface area contributed by atoms with Gasteiger partial charge < -0.3 is 4.74 Å². The van der Waals surface area contributed by atoms with Crippen molar-refractivity contribution in [3.63, 3.8) is 0 Å². The molecule has 0 aromatic rings. The third-order valence-corrected chi connectivity index (χ3v) is 5.05. The zero-order chi connectivity index (χ0) is 15.2. The molecule has 0 N–H and O–H groups in total. The van der Waals surface area contributed by atoms with Crippen LogP contribution in [0.15, 0.2) is 0 Å². The number of nitriles is 1. The minimum atomic E-state index is -1.15. The first-order chi connectivity index (χ1) is 10.1. The average molecular weight is 295 g/mol. The summed E-state index contributed by atoms with van der Waals surface area (Å²) in [4.78, 5) is 12.2. The van der Waals surface area contributed by atoms with Gasteiger partial charge in [0.15, 0.2) is 0 Å². The molecule has 4 heteroatoms. The van der Waals surface area contributed by atoms with Gasteiger partial charge in [-0.15, -0.1) is 0 Å². The summed E-state index contributed by atoms with van der Waals surface area (Å²) in [6, 6.07) is 1.99. The predicted octanol–water partition coefficient (Wildman–Crippen LogP) is 4.17. The zero-order valence-electron chi connectivity index (χ0n) is 12.9. The molecule has 118 valence electrons. The van der Waals surface area contributed by atoms with Crippen LogP contribution in [0, 0.1) is 29.1 Å². The van der Waals surface area contributed by atoms with E-state index in [0.29, 0.717) is 12.8 Å². The van der Waals surface area contributed by atoms with E-state index in [9.17, 15) is 9.18 Å². The lowest BCUT2D eigenvalue weighted by atomic mass is 9.80. The van der Waals surface area contributed by atoms with Crippen LogP contribution in [0.25, 0.3) is 0 Å². The molecule has 2 aliphatic carbocycles. The lowest BCUT2D eigenvalue weighted by molar-refractivity contribution is -0.158. The molecule has 0 amide bonds. The van der Waals surface area contributed by atoms with Crippen molar-refractivity contribution in [2.45, 2.75) is 77.0 Å². The molecular weight excluding hydrogens is 269 g/mol. The molecule has 2 saturated carbocycles. The fourth-order valence-corrected chi connectivity index (χ4v) is 3.69. The smallest absolute Gasteiger partial charge is 0.309 e. The van der Waals surface area contributed by atoms with Crippen LogP contribution in [0.4, 0.5) is 4.39 Å². The molecule has 0 radical (unpaired) electrons. The fourth-order valence-electron chi connectivity index (χ4n) is 3.69. The first-order valence-electron chi connectivity index (χ1n) is 8.38. The van der Waals surface area contributed by atoms with E-state index in [1.165, 1.54) is 12.8 Å². The summed E-state index contributed by atoms with van der Waals surface area (Å²) >= 11 is 0. The Morgan fingerprint density at radius 3 is 2.52 bits per heavy atom. The van der Waals surface area contributed by atoms with Gasteiger partial charge in [-0.3, -0.25) is 4.79 Å². The molecule has 2 rings (SSSR count). The van der Waals surface area contributed by atoms with Gasteiger partial charge in [0.1, 0.15) is 12.3 Å². The van der Waals surface area contributed by atoms with Crippen LogP contribution in [0.2, 0.25) is 0 Å². The number of carbonyl (C=O) groups excluding carboxylic acids is 1. The Morgan fingerprint density at radius 2 is 1.95 bits per heavy atom. The Hall–Kier alpha value is -1.11. The highest BCUT2D eigenvalue weighted by atomic mass is 19.1. The van der Waals surface area contributed by atoms with Crippen LogP contribution in [-0.4, -0.2) is 18.2 Å². The van der Waals surface area contributed by atoms with E-state index in [1.54, 1.807) is 0 Å². The Balaban J connectivity index is 1.74. The summed E-state index contributed by atoms with van der Waals surface area (Å²) in [7, 11) is 0. The summed E-state index contributed by atoms with van der Waals surface area (Å²) in [6.07, 6.45) is 6.34. The number of ether oxygens (including phenoxy) is 1. The zero-order valence-corrected chi connectivity index (χ0v) is 12.9. The lowest BCUT2D eigenvalue weighted by Gasteiger charge is -2.31. The highest BCUT2D eigenvalue weighted by Crippen LogP contribution is 2.34. The minimum Gasteiger partial charge on any atom is -0.462 e. The summed E-state index contributed by atoms with van der Waals surface area (Å²) in [5.74, 6) is 0.104. The van der Waals surface area contributed by atoms with Gasteiger partial charge in [0.25, 0.3) is 0 Å². The van der Waals surface area contributed by atoms with E-state index in [-0.39, 0.29) is 24.4 Å². The second-order valence-corrected chi connectivity index (χ2v) is 6.63. The quantitative estimate of drug-likeness (QED) is 0.731. The van der Waals surface area contributed by atoms with Gasteiger partial charge in [-0.2, -0.15) is 5.26 Å². The van der Waals surface area contributed by atoms with Gasteiger partial charge >= 0.3 is 5.97 Å². The van der Waals surface area contributed by atoms with Gasteiger partial charge in [0, 0.05) is 6.42 Å². The largest absolute Gasteiger partial charge is 0.462 e. The summed E-state index contributed by atoms with van der Waals surface area (Å²) in [5.41, 5.74) is 0. The van der Waals surface area contributed by atoms with E-state index in [4.69, 9.17) is 10.00 Å². The number of rotatable bonds is 4. The van der Waals surface area contributed by atoms with Crippen molar-refractivity contribution in [2.24, 2.45) is 17.8 Å². The van der Waals surface area contributed by atoms with Crippen LogP contribution >= 0.6 is 0 Å². The Morgan fingerprint density at radius 1 is 1.24 bits per heavy atom. The monoisotopic (exact) mass is 295 g/mol. The number of nitrogens with zero attached hydrogens (tertiary/aromatic N) is 1. The highest BCUT2D eigenvalue weighted by Gasteiger charge is 2.34.